The van der Waals surface area contributed by atoms with E-state index < -0.39 is 80.7 Å². The molecule has 0 saturated carbocycles. The first-order valence-electron chi connectivity index (χ1n) is 28.6. The van der Waals surface area contributed by atoms with Crippen molar-refractivity contribution >= 4 is 5.97 Å². The smallest absolute Gasteiger partial charge is 0.306 e. The van der Waals surface area contributed by atoms with Crippen molar-refractivity contribution in [2.24, 2.45) is 0 Å². The lowest BCUT2D eigenvalue weighted by Crippen LogP contribution is -2.61. The molecule has 14 nitrogen and oxygen atoms in total. The standard InChI is InChI=1S/C55H106O14/c1-3-5-7-9-11-13-15-17-18-19-20-21-22-23-24-25-26-28-30-32-34-36-38-47(57)67-44(41-64-39-37-35-33-31-29-27-16-14-12-10-8-6-4-2)42-65-54-53(63)51(61)49(59)46(69-54)43-66-55-52(62)50(60)48(58)45(40-56)68-55/h44-46,48-56,58-63H,3-43H2,1-2H3. The van der Waals surface area contributed by atoms with Crippen LogP contribution in [0.4, 0.5) is 0 Å². The molecule has 0 spiro atoms. The third-order valence-corrected chi connectivity index (χ3v) is 14.1. The lowest BCUT2D eigenvalue weighted by atomic mass is 9.98. The normalized spacial score (nSPS) is 25.6. The fourth-order valence-electron chi connectivity index (χ4n) is 9.46. The molecule has 2 rings (SSSR count). The van der Waals surface area contributed by atoms with Gasteiger partial charge in [-0.3, -0.25) is 4.79 Å². The molecule has 0 aromatic rings. The molecule has 0 amide bonds. The Morgan fingerprint density at radius 1 is 0.420 bits per heavy atom. The first kappa shape index (κ1) is 64.1. The van der Waals surface area contributed by atoms with Crippen LogP contribution in [0.3, 0.4) is 0 Å². The average Bonchev–Trinajstić information content (AvgIpc) is 3.35. The van der Waals surface area contributed by atoms with E-state index in [9.17, 15) is 40.5 Å². The lowest BCUT2D eigenvalue weighted by molar-refractivity contribution is -0.332. The molecule has 11 unspecified atom stereocenters. The van der Waals surface area contributed by atoms with Gasteiger partial charge in [0.1, 0.15) is 54.9 Å². The van der Waals surface area contributed by atoms with Crippen LogP contribution in [-0.4, -0.2) is 142 Å². The Kier molecular flexibility index (Phi) is 40.3. The molecule has 2 saturated heterocycles. The van der Waals surface area contributed by atoms with Gasteiger partial charge in [0, 0.05) is 13.0 Å². The highest BCUT2D eigenvalue weighted by atomic mass is 16.7. The van der Waals surface area contributed by atoms with Crippen LogP contribution >= 0.6 is 0 Å². The van der Waals surface area contributed by atoms with Crippen LogP contribution < -0.4 is 0 Å². The van der Waals surface area contributed by atoms with E-state index in [4.69, 9.17) is 28.4 Å². The minimum Gasteiger partial charge on any atom is -0.457 e. The van der Waals surface area contributed by atoms with Gasteiger partial charge in [0.2, 0.25) is 0 Å². The summed E-state index contributed by atoms with van der Waals surface area (Å²) in [5.74, 6) is -0.368. The number of unbranched alkanes of at least 4 members (excludes halogenated alkanes) is 33. The zero-order valence-corrected chi connectivity index (χ0v) is 43.8. The maximum Gasteiger partial charge on any atom is 0.306 e. The first-order valence-corrected chi connectivity index (χ1v) is 28.6. The molecule has 14 heteroatoms. The van der Waals surface area contributed by atoms with Crippen molar-refractivity contribution in [2.75, 3.05) is 33.0 Å². The molecule has 410 valence electrons. The number of carbonyl (C=O) groups is 1. The van der Waals surface area contributed by atoms with Gasteiger partial charge in [-0.2, -0.15) is 0 Å². The van der Waals surface area contributed by atoms with Crippen LogP contribution in [0.2, 0.25) is 0 Å². The quantitative estimate of drug-likeness (QED) is 0.0223. The number of ether oxygens (including phenoxy) is 6. The maximum absolute atomic E-state index is 13.1. The second-order valence-electron chi connectivity index (χ2n) is 20.5. The van der Waals surface area contributed by atoms with Gasteiger partial charge in [-0.05, 0) is 12.8 Å². The maximum atomic E-state index is 13.1. The highest BCUT2D eigenvalue weighted by Crippen LogP contribution is 2.27. The average molecular weight is 991 g/mol. The number of rotatable bonds is 47. The van der Waals surface area contributed by atoms with E-state index in [0.717, 1.165) is 44.9 Å². The molecule has 2 heterocycles. The summed E-state index contributed by atoms with van der Waals surface area (Å²) in [6, 6.07) is 0. The number of hydrogen-bond acceptors (Lipinski definition) is 14. The van der Waals surface area contributed by atoms with Crippen molar-refractivity contribution in [3.63, 3.8) is 0 Å². The number of esters is 1. The van der Waals surface area contributed by atoms with Crippen LogP contribution in [0, 0.1) is 0 Å². The van der Waals surface area contributed by atoms with Gasteiger partial charge in [-0.1, -0.05) is 226 Å². The zero-order chi connectivity index (χ0) is 50.2. The Bertz CT molecular complexity index is 1150. The van der Waals surface area contributed by atoms with Gasteiger partial charge in [-0.15, -0.1) is 0 Å². The fourth-order valence-corrected chi connectivity index (χ4v) is 9.46. The van der Waals surface area contributed by atoms with Crippen molar-refractivity contribution in [1.29, 1.82) is 0 Å². The molecular weight excluding hydrogens is 885 g/mol. The summed E-state index contributed by atoms with van der Waals surface area (Å²) in [5, 5.41) is 72.2. The van der Waals surface area contributed by atoms with E-state index >= 15 is 0 Å². The molecule has 7 N–H and O–H groups in total. The van der Waals surface area contributed by atoms with Crippen molar-refractivity contribution in [1.82, 2.24) is 0 Å². The molecule has 2 fully saturated rings. The lowest BCUT2D eigenvalue weighted by Gasteiger charge is -2.42. The largest absolute Gasteiger partial charge is 0.457 e. The molecule has 0 bridgehead atoms. The zero-order valence-electron chi connectivity index (χ0n) is 43.8. The van der Waals surface area contributed by atoms with Crippen molar-refractivity contribution in [2.45, 2.75) is 313 Å². The van der Waals surface area contributed by atoms with E-state index in [1.807, 2.05) is 0 Å². The summed E-state index contributed by atoms with van der Waals surface area (Å²) in [6.07, 6.45) is 28.8. The summed E-state index contributed by atoms with van der Waals surface area (Å²) in [4.78, 5) is 13.1. The molecule has 0 radical (unpaired) electrons. The molecule has 0 aromatic carbocycles. The Balaban J connectivity index is 1.69. The van der Waals surface area contributed by atoms with Gasteiger partial charge in [-0.25, -0.2) is 0 Å². The van der Waals surface area contributed by atoms with Gasteiger partial charge >= 0.3 is 5.97 Å². The third kappa shape index (κ3) is 30.7. The van der Waals surface area contributed by atoms with E-state index in [1.165, 1.54) is 180 Å². The first-order chi connectivity index (χ1) is 33.6. The van der Waals surface area contributed by atoms with E-state index in [0.29, 0.717) is 6.61 Å². The summed E-state index contributed by atoms with van der Waals surface area (Å²) >= 11 is 0. The van der Waals surface area contributed by atoms with Crippen molar-refractivity contribution < 1.29 is 69.0 Å². The predicted molar refractivity (Wildman–Crippen MR) is 271 cm³/mol. The highest BCUT2D eigenvalue weighted by molar-refractivity contribution is 5.69. The number of aliphatic hydroxyl groups excluding tert-OH is 7. The van der Waals surface area contributed by atoms with Gasteiger partial charge in [0.15, 0.2) is 12.6 Å². The van der Waals surface area contributed by atoms with Crippen LogP contribution in [0.5, 0.6) is 0 Å². The SMILES string of the molecule is CCCCCCCCCCCCCCCCCCCCCCCCC(=O)OC(COCCCCCCCCCCCCCCC)COC1OC(COC2OC(CO)C(O)C(O)C2O)C(O)C(O)C1O. The van der Waals surface area contributed by atoms with E-state index in [-0.39, 0.29) is 25.6 Å². The van der Waals surface area contributed by atoms with Gasteiger partial charge < -0.3 is 64.2 Å². The minimum atomic E-state index is -1.70. The molecular formula is C55H106O14. The predicted octanol–water partition coefficient (Wildman–Crippen LogP) is 9.64. The van der Waals surface area contributed by atoms with Gasteiger partial charge in [0.25, 0.3) is 0 Å². The van der Waals surface area contributed by atoms with Crippen molar-refractivity contribution in [3.05, 3.63) is 0 Å². The molecule has 69 heavy (non-hydrogen) atoms. The van der Waals surface area contributed by atoms with Crippen molar-refractivity contribution in [3.8, 4) is 0 Å². The molecule has 0 aliphatic carbocycles. The van der Waals surface area contributed by atoms with E-state index in [1.54, 1.807) is 0 Å². The number of carbonyl (C=O) groups excluding carboxylic acids is 1. The monoisotopic (exact) mass is 991 g/mol. The Labute approximate surface area is 419 Å². The number of hydrogen-bond donors (Lipinski definition) is 7. The second-order valence-corrected chi connectivity index (χ2v) is 20.5. The van der Waals surface area contributed by atoms with E-state index in [2.05, 4.69) is 13.8 Å². The highest BCUT2D eigenvalue weighted by Gasteiger charge is 2.47. The van der Waals surface area contributed by atoms with Crippen LogP contribution in [0.1, 0.15) is 245 Å². The summed E-state index contributed by atoms with van der Waals surface area (Å²) < 4.78 is 34.4. The number of aliphatic hydroxyl groups is 7. The Morgan fingerprint density at radius 3 is 1.17 bits per heavy atom. The second kappa shape index (κ2) is 43.4. The van der Waals surface area contributed by atoms with Crippen LogP contribution in [0.15, 0.2) is 0 Å². The molecule has 11 atom stereocenters. The Hall–Kier alpha value is -1.01. The summed E-state index contributed by atoms with van der Waals surface area (Å²) in [7, 11) is 0. The minimum absolute atomic E-state index is 0.0704. The molecule has 2 aliphatic rings. The molecule has 0 aromatic heterocycles. The fraction of sp³-hybridized carbons (Fsp3) is 0.982. The summed E-state index contributed by atoms with van der Waals surface area (Å²) in [6.45, 7) is 3.75. The Morgan fingerprint density at radius 2 is 0.768 bits per heavy atom. The summed E-state index contributed by atoms with van der Waals surface area (Å²) in [5.41, 5.74) is 0. The topological polar surface area (TPSA) is 214 Å². The van der Waals surface area contributed by atoms with Gasteiger partial charge in [0.05, 0.1) is 26.4 Å². The third-order valence-electron chi connectivity index (χ3n) is 14.1. The molecule has 2 aliphatic heterocycles. The van der Waals surface area contributed by atoms with Crippen LogP contribution in [-0.2, 0) is 33.2 Å². The van der Waals surface area contributed by atoms with Crippen LogP contribution in [0.25, 0.3) is 0 Å².